The Morgan fingerprint density at radius 1 is 1.59 bits per heavy atom. The quantitative estimate of drug-likeness (QED) is 0.719. The van der Waals surface area contributed by atoms with Crippen molar-refractivity contribution in [3.63, 3.8) is 0 Å². The maximum atomic E-state index is 12.0. The topological polar surface area (TPSA) is 101 Å². The zero-order valence-electron chi connectivity index (χ0n) is 10.00. The van der Waals surface area contributed by atoms with Crippen molar-refractivity contribution in [2.24, 2.45) is 0 Å². The van der Waals surface area contributed by atoms with E-state index in [1.54, 1.807) is 0 Å². The van der Waals surface area contributed by atoms with E-state index in [1.807, 2.05) is 6.92 Å². The van der Waals surface area contributed by atoms with Crippen LogP contribution in [0.4, 0.5) is 5.82 Å². The summed E-state index contributed by atoms with van der Waals surface area (Å²) < 4.78 is 26.6. The maximum absolute atomic E-state index is 12.0. The average Bonchev–Trinajstić information content (AvgIpc) is 2.61. The van der Waals surface area contributed by atoms with Gasteiger partial charge in [-0.2, -0.15) is 9.40 Å². The summed E-state index contributed by atoms with van der Waals surface area (Å²) >= 11 is 0. The number of rotatable bonds is 6. The fraction of sp³-hybridized carbons (Fsp3) is 0.667. The SMILES string of the molecule is CCCn1cc(S(=O)(=O)N(C)CCO)c(N)n1. The Balaban J connectivity index is 3.06. The molecule has 0 amide bonds. The van der Waals surface area contributed by atoms with E-state index in [0.29, 0.717) is 6.54 Å². The number of aliphatic hydroxyl groups excluding tert-OH is 1. The summed E-state index contributed by atoms with van der Waals surface area (Å²) in [6.45, 7) is 2.37. The van der Waals surface area contributed by atoms with Crippen molar-refractivity contribution in [3.8, 4) is 0 Å². The van der Waals surface area contributed by atoms with Crippen LogP contribution in [-0.4, -0.2) is 47.8 Å². The number of hydrogen-bond donors (Lipinski definition) is 2. The molecule has 1 aromatic rings. The van der Waals surface area contributed by atoms with E-state index in [0.717, 1.165) is 10.7 Å². The highest BCUT2D eigenvalue weighted by molar-refractivity contribution is 7.89. The van der Waals surface area contributed by atoms with Gasteiger partial charge in [0, 0.05) is 26.3 Å². The van der Waals surface area contributed by atoms with E-state index >= 15 is 0 Å². The molecule has 1 rings (SSSR count). The van der Waals surface area contributed by atoms with E-state index in [1.165, 1.54) is 17.9 Å². The lowest BCUT2D eigenvalue weighted by molar-refractivity contribution is 0.266. The van der Waals surface area contributed by atoms with Gasteiger partial charge in [-0.3, -0.25) is 4.68 Å². The molecule has 7 nitrogen and oxygen atoms in total. The van der Waals surface area contributed by atoms with Crippen LogP contribution < -0.4 is 5.73 Å². The Bertz CT molecular complexity index is 469. The van der Waals surface area contributed by atoms with Gasteiger partial charge >= 0.3 is 0 Å². The number of nitrogens with zero attached hydrogens (tertiary/aromatic N) is 3. The molecule has 0 saturated heterocycles. The Morgan fingerprint density at radius 2 is 2.24 bits per heavy atom. The molecule has 0 aliphatic carbocycles. The first-order chi connectivity index (χ1) is 7.93. The van der Waals surface area contributed by atoms with Crippen molar-refractivity contribution in [1.29, 1.82) is 0 Å². The second kappa shape index (κ2) is 5.48. The van der Waals surface area contributed by atoms with Gasteiger partial charge in [0.2, 0.25) is 10.0 Å². The lowest BCUT2D eigenvalue weighted by Crippen LogP contribution is -2.29. The van der Waals surface area contributed by atoms with Crippen LogP contribution in [0.1, 0.15) is 13.3 Å². The summed E-state index contributed by atoms with van der Waals surface area (Å²) in [6.07, 6.45) is 2.26. The third-order valence-corrected chi connectivity index (χ3v) is 4.18. The zero-order chi connectivity index (χ0) is 13.1. The van der Waals surface area contributed by atoms with Crippen LogP contribution in [0, 0.1) is 0 Å². The van der Waals surface area contributed by atoms with Gasteiger partial charge in [0.1, 0.15) is 4.90 Å². The first kappa shape index (κ1) is 13.9. The third-order valence-electron chi connectivity index (χ3n) is 2.31. The molecule has 0 saturated carbocycles. The van der Waals surface area contributed by atoms with E-state index in [9.17, 15) is 8.42 Å². The molecule has 17 heavy (non-hydrogen) atoms. The van der Waals surface area contributed by atoms with Crippen LogP contribution in [0.2, 0.25) is 0 Å². The fourth-order valence-corrected chi connectivity index (χ4v) is 2.61. The number of hydrogen-bond acceptors (Lipinski definition) is 5. The molecule has 0 radical (unpaired) electrons. The number of nitrogens with two attached hydrogens (primary N) is 1. The number of sulfonamides is 1. The monoisotopic (exact) mass is 262 g/mol. The van der Waals surface area contributed by atoms with Crippen LogP contribution in [0.15, 0.2) is 11.1 Å². The van der Waals surface area contributed by atoms with Crippen molar-refractivity contribution in [2.75, 3.05) is 25.9 Å². The van der Waals surface area contributed by atoms with E-state index < -0.39 is 10.0 Å². The lowest BCUT2D eigenvalue weighted by atomic mass is 10.5. The summed E-state index contributed by atoms with van der Waals surface area (Å²) in [7, 11) is -2.27. The van der Waals surface area contributed by atoms with Crippen molar-refractivity contribution >= 4 is 15.8 Å². The predicted molar refractivity (Wildman–Crippen MR) is 63.8 cm³/mol. The van der Waals surface area contributed by atoms with E-state index in [-0.39, 0.29) is 23.9 Å². The fourth-order valence-electron chi connectivity index (χ4n) is 1.39. The zero-order valence-corrected chi connectivity index (χ0v) is 10.8. The highest BCUT2D eigenvalue weighted by Gasteiger charge is 2.25. The van der Waals surface area contributed by atoms with Gasteiger partial charge in [0.25, 0.3) is 0 Å². The number of nitrogen functional groups attached to an aromatic ring is 1. The molecule has 0 spiro atoms. The standard InChI is InChI=1S/C9H18N4O3S/c1-3-4-13-7-8(9(10)11-13)17(15,16)12(2)5-6-14/h7,14H,3-6H2,1-2H3,(H2,10,11). The molecule has 1 heterocycles. The van der Waals surface area contributed by atoms with E-state index in [4.69, 9.17) is 10.8 Å². The minimum atomic E-state index is -3.66. The molecule has 0 aliphatic rings. The number of aromatic nitrogens is 2. The Hall–Kier alpha value is -1.12. The van der Waals surface area contributed by atoms with E-state index in [2.05, 4.69) is 5.10 Å². The molecular formula is C9H18N4O3S. The van der Waals surface area contributed by atoms with Crippen molar-refractivity contribution in [1.82, 2.24) is 14.1 Å². The summed E-state index contributed by atoms with van der Waals surface area (Å²) in [5.41, 5.74) is 5.59. The van der Waals surface area contributed by atoms with Gasteiger partial charge in [0.15, 0.2) is 5.82 Å². The van der Waals surface area contributed by atoms with Crippen LogP contribution >= 0.6 is 0 Å². The highest BCUT2D eigenvalue weighted by atomic mass is 32.2. The molecule has 0 aromatic carbocycles. The first-order valence-electron chi connectivity index (χ1n) is 5.33. The lowest BCUT2D eigenvalue weighted by Gasteiger charge is -2.14. The van der Waals surface area contributed by atoms with Gasteiger partial charge < -0.3 is 10.8 Å². The summed E-state index contributed by atoms with van der Waals surface area (Å²) in [4.78, 5) is -0.0121. The summed E-state index contributed by atoms with van der Waals surface area (Å²) in [5.74, 6) is -0.0109. The Morgan fingerprint density at radius 3 is 2.76 bits per heavy atom. The molecule has 0 unspecified atom stereocenters. The van der Waals surface area contributed by atoms with Crippen LogP contribution in [0.25, 0.3) is 0 Å². The molecule has 0 fully saturated rings. The van der Waals surface area contributed by atoms with Crippen LogP contribution in [0.3, 0.4) is 0 Å². The maximum Gasteiger partial charge on any atom is 0.248 e. The van der Waals surface area contributed by atoms with Gasteiger partial charge in [-0.1, -0.05) is 6.92 Å². The van der Waals surface area contributed by atoms with Gasteiger partial charge in [-0.25, -0.2) is 8.42 Å². The molecule has 8 heteroatoms. The second-order valence-electron chi connectivity index (χ2n) is 3.69. The summed E-state index contributed by atoms with van der Waals surface area (Å²) in [5, 5.41) is 12.7. The van der Waals surface area contributed by atoms with Crippen LogP contribution in [-0.2, 0) is 16.6 Å². The smallest absolute Gasteiger partial charge is 0.248 e. The molecule has 0 aliphatic heterocycles. The largest absolute Gasteiger partial charge is 0.395 e. The van der Waals surface area contributed by atoms with Crippen LogP contribution in [0.5, 0.6) is 0 Å². The molecule has 3 N–H and O–H groups in total. The molecule has 98 valence electrons. The van der Waals surface area contributed by atoms with Gasteiger partial charge in [-0.15, -0.1) is 0 Å². The average molecular weight is 262 g/mol. The normalized spacial score (nSPS) is 12.2. The number of aliphatic hydroxyl groups is 1. The van der Waals surface area contributed by atoms with Gasteiger partial charge in [-0.05, 0) is 6.42 Å². The highest BCUT2D eigenvalue weighted by Crippen LogP contribution is 2.19. The van der Waals surface area contributed by atoms with Gasteiger partial charge in [0.05, 0.1) is 6.61 Å². The van der Waals surface area contributed by atoms with Crippen molar-refractivity contribution in [3.05, 3.63) is 6.20 Å². The third kappa shape index (κ3) is 2.96. The minimum Gasteiger partial charge on any atom is -0.395 e. The van der Waals surface area contributed by atoms with Crippen molar-refractivity contribution in [2.45, 2.75) is 24.8 Å². The first-order valence-corrected chi connectivity index (χ1v) is 6.77. The Labute approximate surface area is 101 Å². The second-order valence-corrected chi connectivity index (χ2v) is 5.71. The molecule has 0 atom stereocenters. The molecule has 1 aromatic heterocycles. The number of likely N-dealkylation sites (N-methyl/N-ethyl adjacent to an activating group) is 1. The Kier molecular flexibility index (Phi) is 4.49. The predicted octanol–water partition coefficient (Wildman–Crippen LogP) is -0.512. The van der Waals surface area contributed by atoms with Crippen molar-refractivity contribution < 1.29 is 13.5 Å². The summed E-state index contributed by atoms with van der Waals surface area (Å²) in [6, 6.07) is 0. The minimum absolute atomic E-state index is 0.0109. The molecular weight excluding hydrogens is 244 g/mol. The number of anilines is 1. The number of aryl methyl sites for hydroxylation is 1. The molecule has 0 bridgehead atoms.